The molecule has 0 aliphatic heterocycles. The van der Waals surface area contributed by atoms with Crippen molar-refractivity contribution < 1.29 is 19.1 Å². The lowest BCUT2D eigenvalue weighted by Crippen LogP contribution is -2.55. The van der Waals surface area contributed by atoms with Crippen LogP contribution in [-0.2, 0) is 20.7 Å². The summed E-state index contributed by atoms with van der Waals surface area (Å²) < 4.78 is 5.50. The number of carbonyl (C=O) groups is 3. The van der Waals surface area contributed by atoms with Crippen LogP contribution in [0, 0.1) is 5.92 Å². The Hall–Kier alpha value is -2.57. The number of amides is 3. The molecular weight excluding hydrogens is 490 g/mol. The molecule has 3 amide bonds. The monoisotopic (exact) mass is 545 g/mol. The first-order chi connectivity index (χ1) is 18.5. The molecular formula is C32H55N3O4. The summed E-state index contributed by atoms with van der Waals surface area (Å²) >= 11 is 0. The number of nitrogens with zero attached hydrogens (tertiary/aromatic N) is 1. The number of benzene rings is 1. The molecule has 1 aromatic rings. The van der Waals surface area contributed by atoms with Crippen molar-refractivity contribution in [2.75, 3.05) is 13.1 Å². The highest BCUT2D eigenvalue weighted by molar-refractivity contribution is 5.92. The number of aryl methyl sites for hydroxylation is 1. The highest BCUT2D eigenvalue weighted by atomic mass is 16.6. The van der Waals surface area contributed by atoms with Crippen LogP contribution in [0.1, 0.15) is 124 Å². The number of carbonyl (C=O) groups excluding carboxylic acids is 3. The van der Waals surface area contributed by atoms with Crippen molar-refractivity contribution in [1.82, 2.24) is 15.5 Å². The molecule has 0 saturated heterocycles. The van der Waals surface area contributed by atoms with Crippen LogP contribution < -0.4 is 10.6 Å². The lowest BCUT2D eigenvalue weighted by atomic mass is 9.95. The first-order valence-corrected chi connectivity index (χ1v) is 15.1. The highest BCUT2D eigenvalue weighted by Gasteiger charge is 2.37. The maximum atomic E-state index is 14.3. The van der Waals surface area contributed by atoms with E-state index in [4.69, 9.17) is 4.74 Å². The number of rotatable bonds is 17. The van der Waals surface area contributed by atoms with Crippen molar-refractivity contribution in [3.05, 3.63) is 35.4 Å². The largest absolute Gasteiger partial charge is 0.444 e. The third kappa shape index (κ3) is 12.4. The Morgan fingerprint density at radius 1 is 0.897 bits per heavy atom. The van der Waals surface area contributed by atoms with Gasteiger partial charge in [0.25, 0.3) is 0 Å². The quantitative estimate of drug-likeness (QED) is 0.207. The minimum atomic E-state index is -0.804. The zero-order chi connectivity index (χ0) is 29.4. The van der Waals surface area contributed by atoms with Crippen LogP contribution in [0.15, 0.2) is 24.3 Å². The molecule has 0 aromatic heterocycles. The predicted molar refractivity (Wildman–Crippen MR) is 160 cm³/mol. The Morgan fingerprint density at radius 2 is 1.51 bits per heavy atom. The molecule has 3 atom stereocenters. The SMILES string of the molecule is CCCCCCCN(C(=O)C(NC(=O)OC(C)(C)C)C(C)CC)C(C(=O)NCCCC)c1ccc(CC)cc1. The summed E-state index contributed by atoms with van der Waals surface area (Å²) in [5.74, 6) is -0.574. The minimum Gasteiger partial charge on any atom is -0.444 e. The van der Waals surface area contributed by atoms with E-state index in [2.05, 4.69) is 31.4 Å². The number of alkyl carbamates (subject to hydrolysis) is 1. The summed E-state index contributed by atoms with van der Waals surface area (Å²) in [5.41, 5.74) is 1.27. The second-order valence-corrected chi connectivity index (χ2v) is 11.6. The molecule has 222 valence electrons. The average molecular weight is 546 g/mol. The fraction of sp³-hybridized carbons (Fsp3) is 0.719. The van der Waals surface area contributed by atoms with Crippen LogP contribution in [0.2, 0.25) is 0 Å². The molecule has 7 nitrogen and oxygen atoms in total. The van der Waals surface area contributed by atoms with Crippen LogP contribution in [0.5, 0.6) is 0 Å². The van der Waals surface area contributed by atoms with Crippen molar-refractivity contribution in [3.63, 3.8) is 0 Å². The summed E-state index contributed by atoms with van der Waals surface area (Å²) in [5, 5.41) is 5.91. The molecule has 39 heavy (non-hydrogen) atoms. The number of ether oxygens (including phenoxy) is 1. The third-order valence-corrected chi connectivity index (χ3v) is 7.03. The van der Waals surface area contributed by atoms with Crippen molar-refractivity contribution in [3.8, 4) is 0 Å². The van der Waals surface area contributed by atoms with E-state index in [0.29, 0.717) is 19.5 Å². The van der Waals surface area contributed by atoms with E-state index >= 15 is 0 Å². The van der Waals surface area contributed by atoms with E-state index in [1.54, 1.807) is 25.7 Å². The molecule has 2 N–H and O–H groups in total. The topological polar surface area (TPSA) is 87.7 Å². The summed E-state index contributed by atoms with van der Waals surface area (Å²) in [4.78, 5) is 42.5. The Kier molecular flexibility index (Phi) is 15.8. The van der Waals surface area contributed by atoms with Gasteiger partial charge in [0.05, 0.1) is 0 Å². The molecule has 0 radical (unpaired) electrons. The van der Waals surface area contributed by atoms with Gasteiger partial charge in [-0.15, -0.1) is 0 Å². The van der Waals surface area contributed by atoms with Gasteiger partial charge in [0.1, 0.15) is 17.7 Å². The Morgan fingerprint density at radius 3 is 2.05 bits per heavy atom. The van der Waals surface area contributed by atoms with Crippen LogP contribution in [0.3, 0.4) is 0 Å². The van der Waals surface area contributed by atoms with Crippen molar-refractivity contribution in [2.24, 2.45) is 5.92 Å². The van der Waals surface area contributed by atoms with E-state index in [1.165, 1.54) is 5.56 Å². The minimum absolute atomic E-state index is 0.140. The van der Waals surface area contributed by atoms with Crippen LogP contribution >= 0.6 is 0 Å². The fourth-order valence-corrected chi connectivity index (χ4v) is 4.44. The number of hydrogen-bond donors (Lipinski definition) is 2. The molecule has 0 aliphatic rings. The fourth-order valence-electron chi connectivity index (χ4n) is 4.44. The standard InChI is InChI=1S/C32H55N3O4/c1-9-13-15-16-17-23-35(30(37)27(24(5)11-3)34-31(38)39-32(6,7)8)28(29(36)33-22-14-10-2)26-20-18-25(12-4)19-21-26/h18-21,24,27-28H,9-17,22-23H2,1-8H3,(H,33,36)(H,34,38). The Labute approximate surface area is 237 Å². The molecule has 0 spiro atoms. The van der Waals surface area contributed by atoms with Gasteiger partial charge in [-0.3, -0.25) is 9.59 Å². The van der Waals surface area contributed by atoms with E-state index in [1.807, 2.05) is 38.1 Å². The highest BCUT2D eigenvalue weighted by Crippen LogP contribution is 2.26. The molecule has 3 unspecified atom stereocenters. The molecule has 7 heteroatoms. The van der Waals surface area contributed by atoms with Crippen LogP contribution in [0.4, 0.5) is 4.79 Å². The summed E-state index contributed by atoms with van der Waals surface area (Å²) in [6.45, 7) is 16.7. The molecule has 0 saturated carbocycles. The van der Waals surface area contributed by atoms with Gasteiger partial charge in [-0.25, -0.2) is 4.79 Å². The van der Waals surface area contributed by atoms with Gasteiger partial charge >= 0.3 is 6.09 Å². The van der Waals surface area contributed by atoms with E-state index in [-0.39, 0.29) is 17.7 Å². The Bertz CT molecular complexity index is 863. The number of unbranched alkanes of at least 4 members (excludes halogenated alkanes) is 5. The van der Waals surface area contributed by atoms with Gasteiger partial charge < -0.3 is 20.3 Å². The lowest BCUT2D eigenvalue weighted by Gasteiger charge is -2.36. The summed E-state index contributed by atoms with van der Waals surface area (Å²) in [7, 11) is 0. The van der Waals surface area contributed by atoms with Crippen LogP contribution in [-0.4, -0.2) is 47.5 Å². The predicted octanol–water partition coefficient (Wildman–Crippen LogP) is 6.94. The second kappa shape index (κ2) is 17.9. The van der Waals surface area contributed by atoms with Gasteiger partial charge in [0.15, 0.2) is 0 Å². The van der Waals surface area contributed by atoms with Crippen molar-refractivity contribution in [1.29, 1.82) is 0 Å². The molecule has 0 heterocycles. The van der Waals surface area contributed by atoms with Crippen molar-refractivity contribution in [2.45, 2.75) is 131 Å². The van der Waals surface area contributed by atoms with Gasteiger partial charge in [0.2, 0.25) is 11.8 Å². The molecule has 0 aliphatic carbocycles. The van der Waals surface area contributed by atoms with Crippen LogP contribution in [0.25, 0.3) is 0 Å². The second-order valence-electron chi connectivity index (χ2n) is 11.6. The van der Waals surface area contributed by atoms with E-state index in [0.717, 1.165) is 56.9 Å². The van der Waals surface area contributed by atoms with E-state index < -0.39 is 23.8 Å². The molecule has 1 rings (SSSR count). The summed E-state index contributed by atoms with van der Waals surface area (Å²) in [6, 6.07) is 6.38. The molecule has 0 fully saturated rings. The Balaban J connectivity index is 3.47. The maximum Gasteiger partial charge on any atom is 0.408 e. The van der Waals surface area contributed by atoms with Gasteiger partial charge in [-0.1, -0.05) is 97.4 Å². The van der Waals surface area contributed by atoms with Crippen molar-refractivity contribution >= 4 is 17.9 Å². The maximum absolute atomic E-state index is 14.3. The average Bonchev–Trinajstić information content (AvgIpc) is 2.89. The lowest BCUT2D eigenvalue weighted by molar-refractivity contribution is -0.143. The number of nitrogens with one attached hydrogen (secondary N) is 2. The molecule has 1 aromatic carbocycles. The molecule has 0 bridgehead atoms. The first-order valence-electron chi connectivity index (χ1n) is 15.1. The summed E-state index contributed by atoms with van der Waals surface area (Å²) in [6.07, 6.45) is 7.91. The van der Waals surface area contributed by atoms with Gasteiger partial charge in [-0.05, 0) is 57.1 Å². The van der Waals surface area contributed by atoms with Gasteiger partial charge in [0, 0.05) is 13.1 Å². The normalized spacial score (nSPS) is 13.7. The van der Waals surface area contributed by atoms with Gasteiger partial charge in [-0.2, -0.15) is 0 Å². The number of hydrogen-bond acceptors (Lipinski definition) is 4. The zero-order valence-corrected chi connectivity index (χ0v) is 25.9. The third-order valence-electron chi connectivity index (χ3n) is 7.03. The first kappa shape index (κ1) is 34.5. The van der Waals surface area contributed by atoms with E-state index in [9.17, 15) is 14.4 Å². The zero-order valence-electron chi connectivity index (χ0n) is 25.9. The smallest absolute Gasteiger partial charge is 0.408 e.